The number of oxazole rings is 1. The number of nitrogens with zero attached hydrogens (tertiary/aromatic N) is 2. The van der Waals surface area contributed by atoms with Gasteiger partial charge in [-0.3, -0.25) is 4.98 Å². The van der Waals surface area contributed by atoms with Gasteiger partial charge in [-0.15, -0.1) is 0 Å². The van der Waals surface area contributed by atoms with Crippen LogP contribution in [0.15, 0.2) is 16.5 Å². The molecule has 2 rings (SSSR count). The molecular formula is C13H17N3O. The van der Waals surface area contributed by atoms with Crippen molar-refractivity contribution >= 4 is 5.69 Å². The normalized spacial score (nSPS) is 10.6. The smallest absolute Gasteiger partial charge is 0.213 e. The highest BCUT2D eigenvalue weighted by Gasteiger charge is 2.05. The molecule has 0 radical (unpaired) electrons. The van der Waals surface area contributed by atoms with Crippen LogP contribution in [0.5, 0.6) is 0 Å². The number of aromatic nitrogens is 2. The maximum absolute atomic E-state index is 5.51. The van der Waals surface area contributed by atoms with Crippen LogP contribution in [0, 0.1) is 27.7 Å². The van der Waals surface area contributed by atoms with Gasteiger partial charge in [-0.2, -0.15) is 0 Å². The summed E-state index contributed by atoms with van der Waals surface area (Å²) in [6.07, 6.45) is 0. The van der Waals surface area contributed by atoms with E-state index in [-0.39, 0.29) is 0 Å². The number of pyridine rings is 1. The van der Waals surface area contributed by atoms with Crippen molar-refractivity contribution in [3.63, 3.8) is 0 Å². The average Bonchev–Trinajstić information content (AvgIpc) is 2.54. The Morgan fingerprint density at radius 2 is 1.71 bits per heavy atom. The minimum atomic E-state index is 0.595. The zero-order valence-corrected chi connectivity index (χ0v) is 10.7. The second-order valence-corrected chi connectivity index (χ2v) is 4.24. The van der Waals surface area contributed by atoms with Crippen molar-refractivity contribution in [1.82, 2.24) is 9.97 Å². The Bertz CT molecular complexity index is 492. The first-order valence-electron chi connectivity index (χ1n) is 5.66. The van der Waals surface area contributed by atoms with Gasteiger partial charge in [0.05, 0.1) is 12.2 Å². The largest absolute Gasteiger partial charge is 0.444 e. The molecule has 1 N–H and O–H groups in total. The Balaban J connectivity index is 2.07. The number of hydrogen-bond acceptors (Lipinski definition) is 4. The molecule has 2 heterocycles. The number of hydrogen-bond donors (Lipinski definition) is 1. The number of aryl methyl sites for hydroxylation is 4. The summed E-state index contributed by atoms with van der Waals surface area (Å²) >= 11 is 0. The van der Waals surface area contributed by atoms with Gasteiger partial charge in [0, 0.05) is 17.1 Å². The summed E-state index contributed by atoms with van der Waals surface area (Å²) in [4.78, 5) is 8.65. The van der Waals surface area contributed by atoms with Crippen LogP contribution < -0.4 is 5.32 Å². The molecule has 0 fully saturated rings. The van der Waals surface area contributed by atoms with Crippen LogP contribution in [-0.2, 0) is 6.54 Å². The Hall–Kier alpha value is -1.84. The summed E-state index contributed by atoms with van der Waals surface area (Å²) < 4.78 is 5.51. The van der Waals surface area contributed by atoms with Crippen molar-refractivity contribution in [3.8, 4) is 0 Å². The van der Waals surface area contributed by atoms with E-state index in [9.17, 15) is 0 Å². The minimum Gasteiger partial charge on any atom is -0.444 e. The number of anilines is 1. The second-order valence-electron chi connectivity index (χ2n) is 4.24. The van der Waals surface area contributed by atoms with Gasteiger partial charge in [-0.05, 0) is 39.8 Å². The van der Waals surface area contributed by atoms with Gasteiger partial charge >= 0.3 is 0 Å². The molecule has 0 aromatic carbocycles. The van der Waals surface area contributed by atoms with Gasteiger partial charge in [0.15, 0.2) is 0 Å². The lowest BCUT2D eigenvalue weighted by Crippen LogP contribution is -2.01. The number of rotatable bonds is 3. The zero-order chi connectivity index (χ0) is 12.4. The molecule has 0 spiro atoms. The molecule has 0 saturated carbocycles. The van der Waals surface area contributed by atoms with Crippen molar-refractivity contribution in [2.45, 2.75) is 34.2 Å². The van der Waals surface area contributed by atoms with E-state index in [1.54, 1.807) is 0 Å². The molecule has 0 aliphatic heterocycles. The Labute approximate surface area is 101 Å². The molecule has 0 aliphatic rings. The summed E-state index contributed by atoms with van der Waals surface area (Å²) in [6, 6.07) is 4.02. The van der Waals surface area contributed by atoms with E-state index in [0.29, 0.717) is 12.4 Å². The van der Waals surface area contributed by atoms with Crippen molar-refractivity contribution in [2.75, 3.05) is 5.32 Å². The third kappa shape index (κ3) is 2.84. The third-order valence-corrected chi connectivity index (χ3v) is 2.60. The summed E-state index contributed by atoms with van der Waals surface area (Å²) in [5.74, 6) is 1.59. The van der Waals surface area contributed by atoms with Crippen LogP contribution in [0.1, 0.15) is 28.7 Å². The Morgan fingerprint density at radius 3 is 2.24 bits per heavy atom. The molecule has 0 bridgehead atoms. The van der Waals surface area contributed by atoms with Crippen LogP contribution in [0.3, 0.4) is 0 Å². The molecule has 90 valence electrons. The lowest BCUT2D eigenvalue weighted by Gasteiger charge is -2.05. The van der Waals surface area contributed by atoms with Crippen molar-refractivity contribution < 1.29 is 4.42 Å². The topological polar surface area (TPSA) is 51.0 Å². The number of nitrogens with one attached hydrogen (secondary N) is 1. The minimum absolute atomic E-state index is 0.595. The summed E-state index contributed by atoms with van der Waals surface area (Å²) in [7, 11) is 0. The van der Waals surface area contributed by atoms with Gasteiger partial charge in [-0.25, -0.2) is 4.98 Å². The van der Waals surface area contributed by atoms with E-state index >= 15 is 0 Å². The summed E-state index contributed by atoms with van der Waals surface area (Å²) in [5, 5.41) is 3.29. The third-order valence-electron chi connectivity index (χ3n) is 2.60. The maximum atomic E-state index is 5.51. The first-order chi connectivity index (χ1) is 8.04. The SMILES string of the molecule is Cc1cc(NCc2nc(C)c(C)o2)cc(C)n1. The standard InChI is InChI=1S/C13H17N3O/c1-8-5-12(6-9(2)15-8)14-7-13-16-10(3)11(4)17-13/h5-6H,7H2,1-4H3,(H,14,15). The molecule has 4 heteroatoms. The van der Waals surface area contributed by atoms with Gasteiger partial charge in [-0.1, -0.05) is 0 Å². The van der Waals surface area contributed by atoms with E-state index in [2.05, 4.69) is 15.3 Å². The van der Waals surface area contributed by atoms with E-state index in [1.165, 1.54) is 0 Å². The predicted octanol–water partition coefficient (Wildman–Crippen LogP) is 2.92. The van der Waals surface area contributed by atoms with Gasteiger partial charge in [0.1, 0.15) is 5.76 Å². The Morgan fingerprint density at radius 1 is 1.06 bits per heavy atom. The van der Waals surface area contributed by atoms with Crippen molar-refractivity contribution in [2.24, 2.45) is 0 Å². The molecule has 2 aromatic heterocycles. The van der Waals surface area contributed by atoms with E-state index in [1.807, 2.05) is 39.8 Å². The van der Waals surface area contributed by atoms with Crippen molar-refractivity contribution in [1.29, 1.82) is 0 Å². The van der Waals surface area contributed by atoms with Gasteiger partial charge in [0.2, 0.25) is 5.89 Å². The molecule has 4 nitrogen and oxygen atoms in total. The van der Waals surface area contributed by atoms with Gasteiger partial charge < -0.3 is 9.73 Å². The molecule has 0 amide bonds. The maximum Gasteiger partial charge on any atom is 0.213 e. The van der Waals surface area contributed by atoms with Crippen LogP contribution in [0.2, 0.25) is 0 Å². The van der Waals surface area contributed by atoms with Gasteiger partial charge in [0.25, 0.3) is 0 Å². The quantitative estimate of drug-likeness (QED) is 0.882. The van der Waals surface area contributed by atoms with Crippen LogP contribution in [0.4, 0.5) is 5.69 Å². The summed E-state index contributed by atoms with van der Waals surface area (Å²) in [6.45, 7) is 8.43. The first kappa shape index (κ1) is 11.6. The fourth-order valence-corrected chi connectivity index (χ4v) is 1.73. The predicted molar refractivity (Wildman–Crippen MR) is 67.0 cm³/mol. The van der Waals surface area contributed by atoms with E-state index < -0.39 is 0 Å². The lowest BCUT2D eigenvalue weighted by atomic mass is 10.3. The molecule has 0 saturated heterocycles. The molecule has 2 aromatic rings. The highest BCUT2D eigenvalue weighted by molar-refractivity contribution is 5.45. The highest BCUT2D eigenvalue weighted by atomic mass is 16.4. The summed E-state index contributed by atoms with van der Waals surface area (Å²) in [5.41, 5.74) is 4.01. The van der Waals surface area contributed by atoms with E-state index in [4.69, 9.17) is 4.42 Å². The molecule has 0 unspecified atom stereocenters. The molecule has 0 atom stereocenters. The fourth-order valence-electron chi connectivity index (χ4n) is 1.73. The molecular weight excluding hydrogens is 214 g/mol. The first-order valence-corrected chi connectivity index (χ1v) is 5.66. The Kier molecular flexibility index (Phi) is 3.13. The molecule has 17 heavy (non-hydrogen) atoms. The monoisotopic (exact) mass is 231 g/mol. The van der Waals surface area contributed by atoms with Crippen LogP contribution >= 0.6 is 0 Å². The van der Waals surface area contributed by atoms with Crippen LogP contribution in [0.25, 0.3) is 0 Å². The highest BCUT2D eigenvalue weighted by Crippen LogP contribution is 2.13. The van der Waals surface area contributed by atoms with Crippen LogP contribution in [-0.4, -0.2) is 9.97 Å². The molecule has 0 aliphatic carbocycles. The fraction of sp³-hybridized carbons (Fsp3) is 0.385. The van der Waals surface area contributed by atoms with Crippen molar-refractivity contribution in [3.05, 3.63) is 40.9 Å². The van der Waals surface area contributed by atoms with E-state index in [0.717, 1.165) is 28.5 Å². The second kappa shape index (κ2) is 4.57. The zero-order valence-electron chi connectivity index (χ0n) is 10.7. The lowest BCUT2D eigenvalue weighted by molar-refractivity contribution is 0.478. The average molecular weight is 231 g/mol.